The second kappa shape index (κ2) is 5.72. The average molecular weight is 281 g/mol. The van der Waals surface area contributed by atoms with Crippen molar-refractivity contribution in [3.8, 4) is 0 Å². The Morgan fingerprint density at radius 1 is 1.15 bits per heavy atom. The van der Waals surface area contributed by atoms with Gasteiger partial charge in [0.15, 0.2) is 6.10 Å². The van der Waals surface area contributed by atoms with Gasteiger partial charge in [-0.1, -0.05) is 32.1 Å². The number of morpholine rings is 1. The molecule has 0 aromatic heterocycles. The van der Waals surface area contributed by atoms with Crippen molar-refractivity contribution in [2.45, 2.75) is 44.6 Å². The van der Waals surface area contributed by atoms with Crippen LogP contribution >= 0.6 is 0 Å². The lowest BCUT2D eigenvalue weighted by molar-refractivity contribution is -0.159. The number of carbonyl (C=O) groups is 2. The van der Waals surface area contributed by atoms with E-state index in [0.29, 0.717) is 19.1 Å². The summed E-state index contributed by atoms with van der Waals surface area (Å²) in [4.78, 5) is 25.1. The van der Waals surface area contributed by atoms with Gasteiger partial charge in [0.05, 0.1) is 13.2 Å². The Kier molecular flexibility index (Phi) is 3.96. The SMILES string of the molecule is O=C(O)C1CN(C(=O)C2CC2C2CCCCC2)CCO1. The fraction of sp³-hybridized carbons (Fsp3) is 0.867. The molecule has 1 heterocycles. The van der Waals surface area contributed by atoms with Crippen molar-refractivity contribution in [3.05, 3.63) is 0 Å². The highest BCUT2D eigenvalue weighted by atomic mass is 16.5. The van der Waals surface area contributed by atoms with Crippen LogP contribution in [-0.2, 0) is 14.3 Å². The minimum absolute atomic E-state index is 0.158. The molecule has 3 rings (SSSR count). The van der Waals surface area contributed by atoms with E-state index >= 15 is 0 Å². The van der Waals surface area contributed by atoms with Crippen LogP contribution in [0.25, 0.3) is 0 Å². The Labute approximate surface area is 119 Å². The van der Waals surface area contributed by atoms with Gasteiger partial charge in [-0.25, -0.2) is 4.79 Å². The Morgan fingerprint density at radius 3 is 2.60 bits per heavy atom. The number of carboxylic acids is 1. The van der Waals surface area contributed by atoms with Gasteiger partial charge in [0.1, 0.15) is 0 Å². The molecule has 3 aliphatic rings. The topological polar surface area (TPSA) is 66.8 Å². The fourth-order valence-corrected chi connectivity index (χ4v) is 3.82. The van der Waals surface area contributed by atoms with Crippen molar-refractivity contribution in [2.24, 2.45) is 17.8 Å². The zero-order valence-electron chi connectivity index (χ0n) is 11.8. The third-order valence-corrected chi connectivity index (χ3v) is 5.07. The molecule has 0 bridgehead atoms. The van der Waals surface area contributed by atoms with Crippen LogP contribution in [0.2, 0.25) is 0 Å². The number of aliphatic carboxylic acids is 1. The first-order valence-electron chi connectivity index (χ1n) is 7.80. The van der Waals surface area contributed by atoms with Crippen LogP contribution in [0, 0.1) is 17.8 Å². The smallest absolute Gasteiger partial charge is 0.334 e. The Bertz CT molecular complexity index is 391. The molecule has 3 fully saturated rings. The van der Waals surface area contributed by atoms with Crippen molar-refractivity contribution < 1.29 is 19.4 Å². The highest BCUT2D eigenvalue weighted by molar-refractivity contribution is 5.83. The number of rotatable bonds is 3. The Balaban J connectivity index is 1.53. The van der Waals surface area contributed by atoms with Crippen LogP contribution in [0.15, 0.2) is 0 Å². The lowest BCUT2D eigenvalue weighted by Gasteiger charge is -2.31. The van der Waals surface area contributed by atoms with Crippen molar-refractivity contribution in [1.82, 2.24) is 4.90 Å². The van der Waals surface area contributed by atoms with Gasteiger partial charge < -0.3 is 14.7 Å². The van der Waals surface area contributed by atoms with Gasteiger partial charge in [-0.3, -0.25) is 4.79 Å². The lowest BCUT2D eigenvalue weighted by atomic mass is 9.85. The molecule has 5 heteroatoms. The summed E-state index contributed by atoms with van der Waals surface area (Å²) in [6, 6.07) is 0. The van der Waals surface area contributed by atoms with Crippen LogP contribution in [-0.4, -0.2) is 47.7 Å². The van der Waals surface area contributed by atoms with Crippen LogP contribution in [0.3, 0.4) is 0 Å². The van der Waals surface area contributed by atoms with Crippen molar-refractivity contribution in [3.63, 3.8) is 0 Å². The molecule has 0 spiro atoms. The quantitative estimate of drug-likeness (QED) is 0.851. The Morgan fingerprint density at radius 2 is 1.90 bits per heavy atom. The molecule has 3 unspecified atom stereocenters. The number of amides is 1. The molecule has 20 heavy (non-hydrogen) atoms. The minimum atomic E-state index is -0.970. The van der Waals surface area contributed by atoms with Gasteiger partial charge in [0.25, 0.3) is 0 Å². The second-order valence-corrected chi connectivity index (χ2v) is 6.39. The summed E-state index contributed by atoms with van der Waals surface area (Å²) in [6.07, 6.45) is 6.66. The second-order valence-electron chi connectivity index (χ2n) is 6.39. The Hall–Kier alpha value is -1.10. The standard InChI is InChI=1S/C15H23NO4/c17-14(16-6-7-20-13(9-16)15(18)19)12-8-11(12)10-4-2-1-3-5-10/h10-13H,1-9H2,(H,18,19). The third kappa shape index (κ3) is 2.82. The predicted octanol–water partition coefficient (Wildman–Crippen LogP) is 1.51. The highest BCUT2D eigenvalue weighted by Crippen LogP contribution is 2.50. The van der Waals surface area contributed by atoms with Gasteiger partial charge in [-0.15, -0.1) is 0 Å². The molecular weight excluding hydrogens is 258 g/mol. The zero-order valence-corrected chi connectivity index (χ0v) is 11.8. The van der Waals surface area contributed by atoms with E-state index in [4.69, 9.17) is 9.84 Å². The van der Waals surface area contributed by atoms with Gasteiger partial charge in [-0.2, -0.15) is 0 Å². The van der Waals surface area contributed by atoms with Crippen LogP contribution in [0.1, 0.15) is 38.5 Å². The van der Waals surface area contributed by atoms with E-state index in [1.54, 1.807) is 4.90 Å². The maximum atomic E-state index is 12.5. The van der Waals surface area contributed by atoms with E-state index in [1.807, 2.05) is 0 Å². The van der Waals surface area contributed by atoms with E-state index < -0.39 is 12.1 Å². The van der Waals surface area contributed by atoms with Crippen molar-refractivity contribution in [1.29, 1.82) is 0 Å². The number of hydrogen-bond donors (Lipinski definition) is 1. The van der Waals surface area contributed by atoms with E-state index in [1.165, 1.54) is 32.1 Å². The molecule has 112 valence electrons. The third-order valence-electron chi connectivity index (χ3n) is 5.07. The largest absolute Gasteiger partial charge is 0.479 e. The zero-order chi connectivity index (χ0) is 14.1. The first-order valence-corrected chi connectivity index (χ1v) is 7.80. The van der Waals surface area contributed by atoms with Gasteiger partial charge in [0, 0.05) is 12.5 Å². The first kappa shape index (κ1) is 13.9. The maximum absolute atomic E-state index is 12.5. The number of ether oxygens (including phenoxy) is 1. The summed E-state index contributed by atoms with van der Waals surface area (Å²) in [6.45, 7) is 1.09. The van der Waals surface area contributed by atoms with Gasteiger partial charge in [-0.05, 0) is 18.3 Å². The molecule has 0 aromatic carbocycles. The molecule has 1 N–H and O–H groups in total. The summed E-state index contributed by atoms with van der Waals surface area (Å²) >= 11 is 0. The fourth-order valence-electron chi connectivity index (χ4n) is 3.82. The van der Waals surface area contributed by atoms with E-state index in [2.05, 4.69) is 0 Å². The van der Waals surface area contributed by atoms with Crippen LogP contribution in [0.5, 0.6) is 0 Å². The molecule has 0 aromatic rings. The number of hydrogen-bond acceptors (Lipinski definition) is 3. The van der Waals surface area contributed by atoms with Gasteiger partial charge >= 0.3 is 5.97 Å². The summed E-state index contributed by atoms with van der Waals surface area (Å²) < 4.78 is 5.17. The average Bonchev–Trinajstić information content (AvgIpc) is 3.28. The molecule has 5 nitrogen and oxygen atoms in total. The number of carboxylic acid groups (broad SMARTS) is 1. The maximum Gasteiger partial charge on any atom is 0.334 e. The highest BCUT2D eigenvalue weighted by Gasteiger charge is 2.49. The summed E-state index contributed by atoms with van der Waals surface area (Å²) in [5.74, 6) is 0.644. The first-order chi connectivity index (χ1) is 9.66. The predicted molar refractivity (Wildman–Crippen MR) is 72.1 cm³/mol. The van der Waals surface area contributed by atoms with Crippen LogP contribution in [0.4, 0.5) is 0 Å². The van der Waals surface area contributed by atoms with Crippen LogP contribution < -0.4 is 0 Å². The molecule has 1 saturated heterocycles. The molecule has 0 radical (unpaired) electrons. The van der Waals surface area contributed by atoms with Crippen molar-refractivity contribution >= 4 is 11.9 Å². The molecule has 2 aliphatic carbocycles. The molecule has 1 amide bonds. The molecule has 3 atom stereocenters. The van der Waals surface area contributed by atoms with E-state index in [0.717, 1.165) is 12.3 Å². The van der Waals surface area contributed by atoms with Gasteiger partial charge in [0.2, 0.25) is 5.91 Å². The van der Waals surface area contributed by atoms with E-state index in [9.17, 15) is 9.59 Å². The lowest BCUT2D eigenvalue weighted by Crippen LogP contribution is -2.49. The molecular formula is C15H23NO4. The van der Waals surface area contributed by atoms with E-state index in [-0.39, 0.29) is 18.4 Å². The minimum Gasteiger partial charge on any atom is -0.479 e. The number of nitrogens with zero attached hydrogens (tertiary/aromatic N) is 1. The van der Waals surface area contributed by atoms with Crippen molar-refractivity contribution in [2.75, 3.05) is 19.7 Å². The molecule has 2 saturated carbocycles. The molecule has 1 aliphatic heterocycles. The monoisotopic (exact) mass is 281 g/mol. The normalized spacial score (nSPS) is 34.8. The summed E-state index contributed by atoms with van der Waals surface area (Å²) in [5, 5.41) is 8.98. The summed E-state index contributed by atoms with van der Waals surface area (Å²) in [5.41, 5.74) is 0. The summed E-state index contributed by atoms with van der Waals surface area (Å²) in [7, 11) is 0. The number of carbonyl (C=O) groups excluding carboxylic acids is 1.